The van der Waals surface area contributed by atoms with E-state index in [0.717, 1.165) is 0 Å². The molecule has 1 aromatic heterocycles. The van der Waals surface area contributed by atoms with Gasteiger partial charge in [-0.05, 0) is 50.6 Å². The van der Waals surface area contributed by atoms with Gasteiger partial charge in [0.2, 0.25) is 0 Å². The van der Waals surface area contributed by atoms with E-state index < -0.39 is 11.9 Å². The first-order valence-electron chi connectivity index (χ1n) is 6.53. The maximum Gasteiger partial charge on any atom is 0.335 e. The number of hydrogen-bond acceptors (Lipinski definition) is 2. The molecule has 5 nitrogen and oxygen atoms in total. The molecule has 2 N–H and O–H groups in total. The largest absolute Gasteiger partial charge is 0.478 e. The molecule has 0 unspecified atom stereocenters. The van der Waals surface area contributed by atoms with Crippen molar-refractivity contribution in [3.8, 4) is 0 Å². The van der Waals surface area contributed by atoms with Gasteiger partial charge in [-0.15, -0.1) is 0 Å². The lowest BCUT2D eigenvalue weighted by Gasteiger charge is -2.03. The summed E-state index contributed by atoms with van der Waals surface area (Å²) >= 11 is 0. The Labute approximate surface area is 123 Å². The van der Waals surface area contributed by atoms with Crippen molar-refractivity contribution >= 4 is 11.9 Å². The number of aromatic nitrogens is 1. The van der Waals surface area contributed by atoms with Crippen LogP contribution in [0, 0.1) is 6.92 Å². The van der Waals surface area contributed by atoms with Gasteiger partial charge >= 0.3 is 11.9 Å². The van der Waals surface area contributed by atoms with Crippen LogP contribution < -0.4 is 0 Å². The van der Waals surface area contributed by atoms with Crippen molar-refractivity contribution in [3.63, 3.8) is 0 Å². The molecule has 0 aliphatic carbocycles. The molecule has 1 heterocycles. The molecule has 0 radical (unpaired) electrons. The van der Waals surface area contributed by atoms with Gasteiger partial charge in [0, 0.05) is 18.4 Å². The summed E-state index contributed by atoms with van der Waals surface area (Å²) in [5, 5.41) is 17.4. The highest BCUT2D eigenvalue weighted by Gasteiger charge is 2.13. The summed E-state index contributed by atoms with van der Waals surface area (Å²) in [6.45, 7) is 5.81. The van der Waals surface area contributed by atoms with E-state index in [1.54, 1.807) is 0 Å². The Morgan fingerprint density at radius 1 is 0.952 bits per heavy atom. The fraction of sp³-hybridized carbons (Fsp3) is 0.250. The molecule has 112 valence electrons. The van der Waals surface area contributed by atoms with E-state index in [1.807, 2.05) is 12.1 Å². The number of benzene rings is 1. The number of carboxylic acid groups (broad SMARTS) is 2. The third-order valence-electron chi connectivity index (χ3n) is 3.02. The van der Waals surface area contributed by atoms with Crippen LogP contribution in [0.2, 0.25) is 0 Å². The SMILES string of the molecule is CC(C)n1cccc1.Cc1c(C(=O)O)cccc1C(=O)O. The van der Waals surface area contributed by atoms with Gasteiger partial charge in [-0.25, -0.2) is 9.59 Å². The zero-order chi connectivity index (χ0) is 16.0. The monoisotopic (exact) mass is 289 g/mol. The van der Waals surface area contributed by atoms with Crippen LogP contribution in [0.5, 0.6) is 0 Å². The van der Waals surface area contributed by atoms with Crippen LogP contribution in [-0.4, -0.2) is 26.7 Å². The van der Waals surface area contributed by atoms with Crippen molar-refractivity contribution in [2.75, 3.05) is 0 Å². The molecule has 0 aliphatic heterocycles. The Kier molecular flexibility index (Phi) is 5.72. The van der Waals surface area contributed by atoms with Crippen molar-refractivity contribution in [3.05, 3.63) is 59.4 Å². The van der Waals surface area contributed by atoms with Crippen LogP contribution in [0.3, 0.4) is 0 Å². The maximum atomic E-state index is 10.6. The van der Waals surface area contributed by atoms with Crippen LogP contribution in [0.4, 0.5) is 0 Å². The number of hydrogen-bond donors (Lipinski definition) is 2. The summed E-state index contributed by atoms with van der Waals surface area (Å²) in [4.78, 5) is 21.2. The van der Waals surface area contributed by atoms with E-state index in [2.05, 4.69) is 30.8 Å². The topological polar surface area (TPSA) is 79.5 Å². The van der Waals surface area contributed by atoms with Crippen LogP contribution in [-0.2, 0) is 0 Å². The lowest BCUT2D eigenvalue weighted by atomic mass is 10.0. The van der Waals surface area contributed by atoms with Crippen molar-refractivity contribution in [2.24, 2.45) is 0 Å². The molecule has 21 heavy (non-hydrogen) atoms. The average molecular weight is 289 g/mol. The molecular weight excluding hydrogens is 270 g/mol. The predicted octanol–water partition coefficient (Wildman–Crippen LogP) is 3.46. The first-order valence-corrected chi connectivity index (χ1v) is 6.53. The average Bonchev–Trinajstić information content (AvgIpc) is 2.93. The first kappa shape index (κ1) is 16.5. The molecule has 0 bridgehead atoms. The first-order chi connectivity index (χ1) is 9.84. The summed E-state index contributed by atoms with van der Waals surface area (Å²) in [6, 6.07) is 8.86. The predicted molar refractivity (Wildman–Crippen MR) is 79.9 cm³/mol. The van der Waals surface area contributed by atoms with Gasteiger partial charge in [-0.3, -0.25) is 0 Å². The molecule has 0 aliphatic rings. The van der Waals surface area contributed by atoms with Gasteiger partial charge in [0.1, 0.15) is 0 Å². The number of rotatable bonds is 3. The number of aromatic carboxylic acids is 2. The van der Waals surface area contributed by atoms with E-state index in [9.17, 15) is 9.59 Å². The fourth-order valence-electron chi connectivity index (χ4n) is 1.79. The Balaban J connectivity index is 0.000000235. The molecule has 2 aromatic rings. The molecule has 0 fully saturated rings. The van der Waals surface area contributed by atoms with Gasteiger partial charge in [0.15, 0.2) is 0 Å². The molecule has 0 spiro atoms. The van der Waals surface area contributed by atoms with Crippen molar-refractivity contribution in [1.82, 2.24) is 4.57 Å². The molecular formula is C16H19NO4. The highest BCUT2D eigenvalue weighted by atomic mass is 16.4. The van der Waals surface area contributed by atoms with Crippen LogP contribution in [0.15, 0.2) is 42.7 Å². The van der Waals surface area contributed by atoms with Gasteiger partial charge in [-0.2, -0.15) is 0 Å². The van der Waals surface area contributed by atoms with Crippen molar-refractivity contribution in [1.29, 1.82) is 0 Å². The lowest BCUT2D eigenvalue weighted by molar-refractivity contribution is 0.0696. The second-order valence-corrected chi connectivity index (χ2v) is 4.81. The van der Waals surface area contributed by atoms with E-state index in [1.165, 1.54) is 25.1 Å². The summed E-state index contributed by atoms with van der Waals surface area (Å²) in [7, 11) is 0. The molecule has 2 rings (SSSR count). The minimum atomic E-state index is -1.11. The Morgan fingerprint density at radius 2 is 1.38 bits per heavy atom. The Morgan fingerprint density at radius 3 is 1.67 bits per heavy atom. The summed E-state index contributed by atoms with van der Waals surface area (Å²) in [5.41, 5.74) is 0.335. The lowest BCUT2D eigenvalue weighted by Crippen LogP contribution is -2.06. The van der Waals surface area contributed by atoms with E-state index in [4.69, 9.17) is 10.2 Å². The second kappa shape index (κ2) is 7.28. The van der Waals surface area contributed by atoms with Gasteiger partial charge < -0.3 is 14.8 Å². The third kappa shape index (κ3) is 4.49. The number of carboxylic acids is 2. The van der Waals surface area contributed by atoms with Crippen molar-refractivity contribution < 1.29 is 19.8 Å². The molecule has 0 atom stereocenters. The van der Waals surface area contributed by atoms with Crippen LogP contribution in [0.1, 0.15) is 46.2 Å². The normalized spacial score (nSPS) is 9.90. The number of nitrogens with zero attached hydrogens (tertiary/aromatic N) is 1. The van der Waals surface area contributed by atoms with Gasteiger partial charge in [-0.1, -0.05) is 6.07 Å². The summed E-state index contributed by atoms with van der Waals surface area (Å²) < 4.78 is 2.17. The molecule has 1 aromatic carbocycles. The summed E-state index contributed by atoms with van der Waals surface area (Å²) in [6.07, 6.45) is 4.15. The van der Waals surface area contributed by atoms with E-state index in [0.29, 0.717) is 6.04 Å². The minimum absolute atomic E-state index is 0.0277. The second-order valence-electron chi connectivity index (χ2n) is 4.81. The van der Waals surface area contributed by atoms with Crippen molar-refractivity contribution in [2.45, 2.75) is 26.8 Å². The quantitative estimate of drug-likeness (QED) is 0.906. The minimum Gasteiger partial charge on any atom is -0.478 e. The molecule has 0 saturated carbocycles. The Bertz CT molecular complexity index is 583. The van der Waals surface area contributed by atoms with Crippen LogP contribution in [0.25, 0.3) is 0 Å². The van der Waals surface area contributed by atoms with E-state index in [-0.39, 0.29) is 16.7 Å². The molecule has 0 saturated heterocycles. The fourth-order valence-corrected chi connectivity index (χ4v) is 1.79. The van der Waals surface area contributed by atoms with Gasteiger partial charge in [0.25, 0.3) is 0 Å². The molecule has 0 amide bonds. The maximum absolute atomic E-state index is 10.6. The Hall–Kier alpha value is -2.56. The van der Waals surface area contributed by atoms with Gasteiger partial charge in [0.05, 0.1) is 11.1 Å². The zero-order valence-corrected chi connectivity index (χ0v) is 12.3. The number of carbonyl (C=O) groups is 2. The highest BCUT2D eigenvalue weighted by molar-refractivity contribution is 5.96. The standard InChI is InChI=1S/C9H8O4.C7H11N/c1-5-6(8(10)11)3-2-4-7(5)9(12)13;1-7(2)8-5-3-4-6-8/h2-4H,1H3,(H,10,11)(H,12,13);3-7H,1-2H3. The third-order valence-corrected chi connectivity index (χ3v) is 3.02. The molecule has 5 heteroatoms. The highest BCUT2D eigenvalue weighted by Crippen LogP contribution is 2.13. The smallest absolute Gasteiger partial charge is 0.335 e. The zero-order valence-electron chi connectivity index (χ0n) is 12.3. The van der Waals surface area contributed by atoms with E-state index >= 15 is 0 Å². The summed E-state index contributed by atoms with van der Waals surface area (Å²) in [5.74, 6) is -2.22. The van der Waals surface area contributed by atoms with Crippen LogP contribution >= 0.6 is 0 Å².